The second-order valence-corrected chi connectivity index (χ2v) is 9.03. The number of benzene rings is 2. The van der Waals surface area contributed by atoms with Gasteiger partial charge >= 0.3 is 0 Å². The van der Waals surface area contributed by atoms with Gasteiger partial charge in [0.1, 0.15) is 0 Å². The van der Waals surface area contributed by atoms with Crippen LogP contribution in [0.4, 0.5) is 0 Å². The van der Waals surface area contributed by atoms with Crippen LogP contribution in [0, 0.1) is 11.3 Å². The van der Waals surface area contributed by atoms with E-state index in [1.807, 2.05) is 6.07 Å². The van der Waals surface area contributed by atoms with Crippen molar-refractivity contribution in [3.63, 3.8) is 0 Å². The zero-order valence-corrected chi connectivity index (χ0v) is 19.3. The number of hydrogen-bond donors (Lipinski definition) is 1. The second kappa shape index (κ2) is 10.3. The van der Waals surface area contributed by atoms with Crippen LogP contribution in [0.3, 0.4) is 0 Å². The predicted octanol–water partition coefficient (Wildman–Crippen LogP) is 4.77. The molecule has 2 aromatic carbocycles. The van der Waals surface area contributed by atoms with Crippen molar-refractivity contribution in [1.82, 2.24) is 10.2 Å². The van der Waals surface area contributed by atoms with Crippen LogP contribution in [0.5, 0.6) is 11.5 Å². The van der Waals surface area contributed by atoms with Crippen LogP contribution in [0.15, 0.2) is 48.5 Å². The zero-order chi connectivity index (χ0) is 21.6. The fraction of sp³-hybridized carbons (Fsp3) is 0.538. The lowest BCUT2D eigenvalue weighted by molar-refractivity contribution is 0.0132. The molecule has 0 bridgehead atoms. The van der Waals surface area contributed by atoms with Gasteiger partial charge < -0.3 is 19.7 Å². The molecule has 0 aliphatic carbocycles. The molecule has 0 saturated carbocycles. The van der Waals surface area contributed by atoms with Crippen LogP contribution >= 0.6 is 0 Å². The Kier molecular flexibility index (Phi) is 7.79. The molecule has 4 nitrogen and oxygen atoms in total. The van der Waals surface area contributed by atoms with Gasteiger partial charge in [0, 0.05) is 19.1 Å². The topological polar surface area (TPSA) is 33.7 Å². The van der Waals surface area contributed by atoms with E-state index in [4.69, 9.17) is 9.47 Å². The van der Waals surface area contributed by atoms with Crippen molar-refractivity contribution >= 4 is 0 Å². The SMILES string of the molecule is COc1ccc(CNCC[C@]2(Cc3ccccc3)C[C@H](C)N(C)C[C@H]2C)cc1OC. The smallest absolute Gasteiger partial charge is 0.161 e. The van der Waals surface area contributed by atoms with E-state index in [9.17, 15) is 0 Å². The summed E-state index contributed by atoms with van der Waals surface area (Å²) in [5.74, 6) is 2.23. The molecule has 2 aromatic rings. The number of methoxy groups -OCH3 is 2. The standard InChI is InChI=1S/C26H38N2O2/c1-20-19-28(3)21(2)16-26(20,17-22-9-7-6-8-10-22)13-14-27-18-23-11-12-24(29-4)25(15-23)30-5/h6-12,15,20-21,27H,13-14,16-19H2,1-5H3/t20-,21+,26-/m1/s1. The number of hydrogen-bond acceptors (Lipinski definition) is 4. The molecule has 1 fully saturated rings. The van der Waals surface area contributed by atoms with E-state index in [1.165, 1.54) is 30.5 Å². The van der Waals surface area contributed by atoms with E-state index in [0.29, 0.717) is 17.4 Å². The predicted molar refractivity (Wildman–Crippen MR) is 124 cm³/mol. The Morgan fingerprint density at radius 2 is 1.73 bits per heavy atom. The highest BCUT2D eigenvalue weighted by Crippen LogP contribution is 2.44. The van der Waals surface area contributed by atoms with Gasteiger partial charge in [-0.2, -0.15) is 0 Å². The van der Waals surface area contributed by atoms with E-state index in [2.05, 4.69) is 73.6 Å². The summed E-state index contributed by atoms with van der Waals surface area (Å²) in [4.78, 5) is 2.52. The van der Waals surface area contributed by atoms with Gasteiger partial charge in [0.2, 0.25) is 0 Å². The molecule has 1 saturated heterocycles. The third-order valence-electron chi connectivity index (χ3n) is 7.04. The van der Waals surface area contributed by atoms with Gasteiger partial charge in [-0.25, -0.2) is 0 Å². The third kappa shape index (κ3) is 5.35. The number of rotatable bonds is 9. The van der Waals surface area contributed by atoms with E-state index < -0.39 is 0 Å². The molecule has 0 spiro atoms. The molecule has 1 N–H and O–H groups in total. The molecule has 0 amide bonds. The number of ether oxygens (including phenoxy) is 2. The maximum atomic E-state index is 5.44. The fourth-order valence-electron chi connectivity index (χ4n) is 5.00. The van der Waals surface area contributed by atoms with E-state index >= 15 is 0 Å². The number of nitrogens with one attached hydrogen (secondary N) is 1. The highest BCUT2D eigenvalue weighted by Gasteiger charge is 2.42. The number of likely N-dealkylation sites (tertiary alicyclic amines) is 1. The molecule has 1 aliphatic heterocycles. The minimum absolute atomic E-state index is 0.331. The Bertz CT molecular complexity index is 795. The molecule has 30 heavy (non-hydrogen) atoms. The van der Waals surface area contributed by atoms with Crippen molar-refractivity contribution in [3.8, 4) is 11.5 Å². The molecule has 1 heterocycles. The van der Waals surface area contributed by atoms with Crippen molar-refractivity contribution in [2.75, 3.05) is 34.4 Å². The Balaban J connectivity index is 1.65. The molecule has 1 aliphatic rings. The summed E-state index contributed by atoms with van der Waals surface area (Å²) in [7, 11) is 5.62. The summed E-state index contributed by atoms with van der Waals surface area (Å²) in [5, 5.41) is 3.68. The average molecular weight is 411 g/mol. The van der Waals surface area contributed by atoms with Gasteiger partial charge in [-0.1, -0.05) is 43.3 Å². The third-order valence-corrected chi connectivity index (χ3v) is 7.04. The van der Waals surface area contributed by atoms with Gasteiger partial charge in [-0.3, -0.25) is 0 Å². The highest BCUT2D eigenvalue weighted by molar-refractivity contribution is 5.42. The number of nitrogens with zero attached hydrogens (tertiary/aromatic N) is 1. The normalized spacial score (nSPS) is 24.6. The summed E-state index contributed by atoms with van der Waals surface area (Å²) < 4.78 is 10.8. The largest absolute Gasteiger partial charge is 0.493 e. The van der Waals surface area contributed by atoms with Crippen LogP contribution in [-0.4, -0.2) is 45.3 Å². The van der Waals surface area contributed by atoms with Crippen molar-refractivity contribution in [1.29, 1.82) is 0 Å². The quantitative estimate of drug-likeness (QED) is 0.604. The van der Waals surface area contributed by atoms with Crippen LogP contribution in [0.2, 0.25) is 0 Å². The van der Waals surface area contributed by atoms with Crippen LogP contribution in [-0.2, 0) is 13.0 Å². The minimum atomic E-state index is 0.331. The molecule has 0 radical (unpaired) electrons. The fourth-order valence-corrected chi connectivity index (χ4v) is 5.00. The Labute approximate surface area is 182 Å². The van der Waals surface area contributed by atoms with Gasteiger partial charge in [-0.15, -0.1) is 0 Å². The summed E-state index contributed by atoms with van der Waals surface area (Å²) in [6, 6.07) is 17.8. The van der Waals surface area contributed by atoms with Gasteiger partial charge in [0.15, 0.2) is 11.5 Å². The van der Waals surface area contributed by atoms with Crippen molar-refractivity contribution in [3.05, 3.63) is 59.7 Å². The number of piperidine rings is 1. The Hall–Kier alpha value is -2.04. The zero-order valence-electron chi connectivity index (χ0n) is 19.3. The summed E-state index contributed by atoms with van der Waals surface area (Å²) in [5.41, 5.74) is 3.01. The van der Waals surface area contributed by atoms with E-state index in [1.54, 1.807) is 14.2 Å². The van der Waals surface area contributed by atoms with Crippen LogP contribution in [0.1, 0.15) is 37.8 Å². The maximum Gasteiger partial charge on any atom is 0.161 e. The molecular formula is C26H38N2O2. The molecule has 3 atom stereocenters. The summed E-state index contributed by atoms with van der Waals surface area (Å²) in [6.07, 6.45) is 3.59. The van der Waals surface area contributed by atoms with E-state index in [0.717, 1.165) is 31.0 Å². The molecule has 4 heteroatoms. The lowest BCUT2D eigenvalue weighted by Gasteiger charge is -2.49. The first-order chi connectivity index (χ1) is 14.5. The maximum absolute atomic E-state index is 5.44. The summed E-state index contributed by atoms with van der Waals surface area (Å²) >= 11 is 0. The molecule has 164 valence electrons. The van der Waals surface area contributed by atoms with Crippen LogP contribution < -0.4 is 14.8 Å². The first-order valence-corrected chi connectivity index (χ1v) is 11.1. The molecule has 3 rings (SSSR count). The Morgan fingerprint density at radius 3 is 2.43 bits per heavy atom. The van der Waals surface area contributed by atoms with Gasteiger partial charge in [0.25, 0.3) is 0 Å². The van der Waals surface area contributed by atoms with Crippen molar-refractivity contribution in [2.45, 2.75) is 45.7 Å². The first kappa shape index (κ1) is 22.6. The van der Waals surface area contributed by atoms with Gasteiger partial charge in [0.05, 0.1) is 14.2 Å². The van der Waals surface area contributed by atoms with E-state index in [-0.39, 0.29) is 0 Å². The summed E-state index contributed by atoms with van der Waals surface area (Å²) in [6.45, 7) is 7.85. The highest BCUT2D eigenvalue weighted by atomic mass is 16.5. The first-order valence-electron chi connectivity index (χ1n) is 11.1. The molecule has 0 aromatic heterocycles. The average Bonchev–Trinajstić information content (AvgIpc) is 2.76. The molecular weight excluding hydrogens is 372 g/mol. The lowest BCUT2D eigenvalue weighted by atomic mass is 9.63. The molecule has 0 unspecified atom stereocenters. The second-order valence-electron chi connectivity index (χ2n) is 9.03. The van der Waals surface area contributed by atoms with Gasteiger partial charge in [-0.05, 0) is 74.4 Å². The van der Waals surface area contributed by atoms with Crippen molar-refractivity contribution < 1.29 is 9.47 Å². The lowest BCUT2D eigenvalue weighted by Crippen LogP contribution is -2.51. The Morgan fingerprint density at radius 1 is 1.00 bits per heavy atom. The van der Waals surface area contributed by atoms with Crippen molar-refractivity contribution in [2.24, 2.45) is 11.3 Å². The van der Waals surface area contributed by atoms with Crippen LogP contribution in [0.25, 0.3) is 0 Å². The minimum Gasteiger partial charge on any atom is -0.493 e. The monoisotopic (exact) mass is 410 g/mol.